The van der Waals surface area contributed by atoms with Crippen LogP contribution in [0.5, 0.6) is 5.75 Å². The van der Waals surface area contributed by atoms with Gasteiger partial charge < -0.3 is 15.8 Å². The van der Waals surface area contributed by atoms with Crippen molar-refractivity contribution in [1.82, 2.24) is 4.98 Å². The minimum Gasteiger partial charge on any atom is -0.493 e. The van der Waals surface area contributed by atoms with Gasteiger partial charge in [0.25, 0.3) is 5.91 Å². The Kier molecular flexibility index (Phi) is 6.08. The number of thioether (sulfide) groups is 1. The Labute approximate surface area is 161 Å². The summed E-state index contributed by atoms with van der Waals surface area (Å²) in [6.45, 7) is 4.36. The molecule has 1 aromatic carbocycles. The van der Waals surface area contributed by atoms with Crippen molar-refractivity contribution < 1.29 is 13.9 Å². The number of hydrogen-bond acceptors (Lipinski definition) is 6. The molecule has 142 valence electrons. The van der Waals surface area contributed by atoms with Crippen LogP contribution in [0.15, 0.2) is 41.5 Å². The van der Waals surface area contributed by atoms with Crippen LogP contribution < -0.4 is 15.8 Å². The summed E-state index contributed by atoms with van der Waals surface area (Å²) in [5.74, 6) is 1.24. The van der Waals surface area contributed by atoms with Gasteiger partial charge in [0.05, 0.1) is 18.3 Å². The zero-order chi connectivity index (χ0) is 19.3. The molecule has 2 heterocycles. The number of aromatic nitrogens is 1. The topological polar surface area (TPSA) is 89.6 Å². The number of pyridine rings is 1. The van der Waals surface area contributed by atoms with Crippen molar-refractivity contribution in [1.29, 1.82) is 0 Å². The molecular weight excluding hydrogens is 367 g/mol. The average Bonchev–Trinajstić information content (AvgIpc) is 2.69. The van der Waals surface area contributed by atoms with Gasteiger partial charge in [-0.2, -0.15) is 0 Å². The van der Waals surface area contributed by atoms with Crippen LogP contribution in [0.1, 0.15) is 28.9 Å². The van der Waals surface area contributed by atoms with Gasteiger partial charge >= 0.3 is 0 Å². The number of benzene rings is 1. The molecule has 0 fully saturated rings. The Morgan fingerprint density at radius 1 is 1.44 bits per heavy atom. The third kappa shape index (κ3) is 4.28. The normalized spacial score (nSPS) is 18.3. The molecule has 0 saturated heterocycles. The summed E-state index contributed by atoms with van der Waals surface area (Å²) >= 11 is 1.64. The molecule has 1 amide bonds. The summed E-state index contributed by atoms with van der Waals surface area (Å²) in [4.78, 5) is 20.6. The number of rotatable bonds is 7. The van der Waals surface area contributed by atoms with E-state index in [2.05, 4.69) is 22.0 Å². The van der Waals surface area contributed by atoms with Gasteiger partial charge in [-0.15, -0.1) is 11.8 Å². The lowest BCUT2D eigenvalue weighted by Crippen LogP contribution is -2.32. The van der Waals surface area contributed by atoms with Crippen molar-refractivity contribution in [2.45, 2.75) is 18.4 Å². The lowest BCUT2D eigenvalue weighted by molar-refractivity contribution is 0.102. The Morgan fingerprint density at radius 2 is 2.30 bits per heavy atom. The molecule has 1 aliphatic rings. The summed E-state index contributed by atoms with van der Waals surface area (Å²) in [5, 5.41) is 2.79. The van der Waals surface area contributed by atoms with Gasteiger partial charge in [0, 0.05) is 23.5 Å². The zero-order valence-corrected chi connectivity index (χ0v) is 15.6. The summed E-state index contributed by atoms with van der Waals surface area (Å²) in [5.41, 5.74) is 6.74. The number of halogens is 1. The SMILES string of the molecule is C=NC1(CCSCN)CCOc2ccc(NC(=O)c3ccc(F)cn3)cc21. The third-order valence-corrected chi connectivity index (χ3v) is 5.28. The molecule has 1 unspecified atom stereocenters. The molecule has 0 aliphatic carbocycles. The number of fused-ring (bicyclic) bond motifs is 1. The fourth-order valence-electron chi connectivity index (χ4n) is 3.09. The van der Waals surface area contributed by atoms with Gasteiger partial charge in [-0.05, 0) is 49.2 Å². The third-order valence-electron chi connectivity index (χ3n) is 4.55. The van der Waals surface area contributed by atoms with E-state index in [-0.39, 0.29) is 5.69 Å². The molecule has 1 aromatic heterocycles. The molecule has 1 aliphatic heterocycles. The first-order valence-corrected chi connectivity index (χ1v) is 9.69. The van der Waals surface area contributed by atoms with E-state index in [9.17, 15) is 9.18 Å². The van der Waals surface area contributed by atoms with Crippen molar-refractivity contribution in [2.75, 3.05) is 23.6 Å². The quantitative estimate of drug-likeness (QED) is 0.432. The molecule has 2 aromatic rings. The highest BCUT2D eigenvalue weighted by Crippen LogP contribution is 2.44. The monoisotopic (exact) mass is 388 g/mol. The van der Waals surface area contributed by atoms with E-state index in [1.165, 1.54) is 12.1 Å². The molecule has 0 radical (unpaired) electrons. The fraction of sp³-hybridized carbons (Fsp3) is 0.316. The van der Waals surface area contributed by atoms with E-state index < -0.39 is 17.3 Å². The van der Waals surface area contributed by atoms with Crippen LogP contribution in [0.2, 0.25) is 0 Å². The lowest BCUT2D eigenvalue weighted by atomic mass is 9.82. The van der Waals surface area contributed by atoms with Crippen LogP contribution in [-0.2, 0) is 5.54 Å². The number of nitrogens with zero attached hydrogens (tertiary/aromatic N) is 2. The number of carbonyl (C=O) groups excluding carboxylic acids is 1. The molecule has 0 saturated carbocycles. The van der Waals surface area contributed by atoms with Crippen LogP contribution in [-0.4, -0.2) is 35.8 Å². The first-order valence-electron chi connectivity index (χ1n) is 8.54. The first kappa shape index (κ1) is 19.3. The zero-order valence-electron chi connectivity index (χ0n) is 14.8. The molecule has 3 N–H and O–H groups in total. The summed E-state index contributed by atoms with van der Waals surface area (Å²) in [7, 11) is 0. The Bertz CT molecular complexity index is 831. The number of amides is 1. The van der Waals surface area contributed by atoms with Crippen molar-refractivity contribution in [2.24, 2.45) is 10.7 Å². The number of aliphatic imine (C=N–C) groups is 1. The number of hydrogen-bond donors (Lipinski definition) is 2. The second-order valence-corrected chi connectivity index (χ2v) is 7.29. The van der Waals surface area contributed by atoms with E-state index in [0.29, 0.717) is 24.6 Å². The van der Waals surface area contributed by atoms with Crippen molar-refractivity contribution >= 4 is 30.1 Å². The van der Waals surface area contributed by atoms with Crippen LogP contribution in [0.25, 0.3) is 0 Å². The first-order chi connectivity index (χ1) is 13.1. The van der Waals surface area contributed by atoms with Gasteiger partial charge in [0.2, 0.25) is 0 Å². The summed E-state index contributed by atoms with van der Waals surface area (Å²) in [6.07, 6.45) is 2.51. The number of nitrogens with two attached hydrogens (primary N) is 1. The predicted molar refractivity (Wildman–Crippen MR) is 106 cm³/mol. The molecule has 3 rings (SSSR count). The molecule has 8 heteroatoms. The smallest absolute Gasteiger partial charge is 0.274 e. The highest BCUT2D eigenvalue weighted by atomic mass is 32.2. The van der Waals surface area contributed by atoms with E-state index in [1.807, 2.05) is 12.1 Å². The number of nitrogens with one attached hydrogen (secondary N) is 1. The average molecular weight is 388 g/mol. The Balaban J connectivity index is 1.85. The minimum absolute atomic E-state index is 0.137. The molecule has 0 bridgehead atoms. The van der Waals surface area contributed by atoms with Crippen LogP contribution in [0.3, 0.4) is 0 Å². The van der Waals surface area contributed by atoms with E-state index >= 15 is 0 Å². The van der Waals surface area contributed by atoms with Gasteiger partial charge in [0.15, 0.2) is 0 Å². The maximum atomic E-state index is 13.0. The van der Waals surface area contributed by atoms with Crippen molar-refractivity contribution in [3.8, 4) is 5.75 Å². The number of carbonyl (C=O) groups is 1. The van der Waals surface area contributed by atoms with E-state index in [0.717, 1.165) is 29.7 Å². The molecular formula is C19H21FN4O2S. The van der Waals surface area contributed by atoms with Crippen LogP contribution in [0, 0.1) is 5.82 Å². The van der Waals surface area contributed by atoms with Gasteiger partial charge in [-0.3, -0.25) is 9.79 Å². The number of anilines is 1. The molecule has 0 spiro atoms. The van der Waals surface area contributed by atoms with Gasteiger partial charge in [-0.1, -0.05) is 0 Å². The van der Waals surface area contributed by atoms with Crippen LogP contribution in [0.4, 0.5) is 10.1 Å². The highest BCUT2D eigenvalue weighted by Gasteiger charge is 2.36. The minimum atomic E-state index is -0.491. The van der Waals surface area contributed by atoms with Gasteiger partial charge in [0.1, 0.15) is 17.3 Å². The van der Waals surface area contributed by atoms with E-state index in [1.54, 1.807) is 17.8 Å². The lowest BCUT2D eigenvalue weighted by Gasteiger charge is -2.35. The highest BCUT2D eigenvalue weighted by molar-refractivity contribution is 7.99. The molecule has 6 nitrogen and oxygen atoms in total. The second kappa shape index (κ2) is 8.49. The number of ether oxygens (including phenoxy) is 1. The van der Waals surface area contributed by atoms with Crippen LogP contribution >= 0.6 is 11.8 Å². The Hall–Kier alpha value is -2.45. The molecule has 1 atom stereocenters. The maximum Gasteiger partial charge on any atom is 0.274 e. The van der Waals surface area contributed by atoms with Crippen molar-refractivity contribution in [3.63, 3.8) is 0 Å². The van der Waals surface area contributed by atoms with E-state index in [4.69, 9.17) is 10.5 Å². The summed E-state index contributed by atoms with van der Waals surface area (Å²) < 4.78 is 18.7. The second-order valence-electron chi connectivity index (χ2n) is 6.14. The predicted octanol–water partition coefficient (Wildman–Crippen LogP) is 3.19. The standard InChI is InChI=1S/C19H21FN4O2S/c1-22-19(7-9-27-12-21)6-8-26-17-5-3-14(10-15(17)19)24-18(25)16-4-2-13(20)11-23-16/h2-5,10-11H,1,6-9,12,21H2,(H,24,25). The molecule has 27 heavy (non-hydrogen) atoms. The largest absolute Gasteiger partial charge is 0.493 e. The van der Waals surface area contributed by atoms with Gasteiger partial charge in [-0.25, -0.2) is 9.37 Å². The fourth-order valence-corrected chi connectivity index (χ4v) is 3.74. The maximum absolute atomic E-state index is 13.0. The summed E-state index contributed by atoms with van der Waals surface area (Å²) in [6, 6.07) is 7.97. The van der Waals surface area contributed by atoms with Crippen molar-refractivity contribution in [3.05, 3.63) is 53.6 Å². The Morgan fingerprint density at radius 3 is 3.00 bits per heavy atom.